The van der Waals surface area contributed by atoms with Crippen LogP contribution in [0.15, 0.2) is 97.1 Å². The summed E-state index contributed by atoms with van der Waals surface area (Å²) in [4.78, 5) is 0. The Labute approximate surface area is 156 Å². The molecule has 0 atom stereocenters. The standard InChI is InChI=1S/C25H16N2/c1-2-8-17(9-3-1)24-16-20-14-18-10-4-5-11-19(18)15-22(20)25-21-12-6-7-13-23(21)26-27(24)25/h1-16H. The molecule has 2 heterocycles. The van der Waals surface area contributed by atoms with Crippen molar-refractivity contribution in [1.82, 2.24) is 9.61 Å². The highest BCUT2D eigenvalue weighted by molar-refractivity contribution is 6.14. The highest BCUT2D eigenvalue weighted by Gasteiger charge is 2.14. The summed E-state index contributed by atoms with van der Waals surface area (Å²) in [5.74, 6) is 0. The van der Waals surface area contributed by atoms with E-state index < -0.39 is 0 Å². The van der Waals surface area contributed by atoms with Crippen molar-refractivity contribution in [2.24, 2.45) is 0 Å². The van der Waals surface area contributed by atoms with Gasteiger partial charge in [-0.3, -0.25) is 0 Å². The molecule has 0 saturated carbocycles. The minimum atomic E-state index is 1.02. The third kappa shape index (κ3) is 2.10. The number of pyridine rings is 1. The molecule has 0 fully saturated rings. The molecule has 0 saturated heterocycles. The average molecular weight is 344 g/mol. The Balaban J connectivity index is 1.88. The molecular weight excluding hydrogens is 328 g/mol. The van der Waals surface area contributed by atoms with E-state index in [1.165, 1.54) is 38.0 Å². The predicted octanol–water partition coefficient (Wildman–Crippen LogP) is 6.46. The molecule has 0 radical (unpaired) electrons. The van der Waals surface area contributed by atoms with E-state index in [9.17, 15) is 0 Å². The van der Waals surface area contributed by atoms with Gasteiger partial charge >= 0.3 is 0 Å². The molecule has 6 aromatic rings. The van der Waals surface area contributed by atoms with E-state index in [-0.39, 0.29) is 0 Å². The second kappa shape index (κ2) is 5.42. The molecule has 4 aromatic carbocycles. The van der Waals surface area contributed by atoms with Gasteiger partial charge in [0.15, 0.2) is 0 Å². The minimum Gasteiger partial charge on any atom is -0.231 e. The Morgan fingerprint density at radius 2 is 1.26 bits per heavy atom. The number of benzene rings is 4. The largest absolute Gasteiger partial charge is 0.231 e. The molecule has 0 amide bonds. The molecule has 0 unspecified atom stereocenters. The monoisotopic (exact) mass is 344 g/mol. The van der Waals surface area contributed by atoms with Gasteiger partial charge in [-0.05, 0) is 40.4 Å². The van der Waals surface area contributed by atoms with E-state index in [1.807, 2.05) is 0 Å². The molecule has 0 bridgehead atoms. The van der Waals surface area contributed by atoms with Gasteiger partial charge < -0.3 is 0 Å². The van der Waals surface area contributed by atoms with Crippen LogP contribution >= 0.6 is 0 Å². The van der Waals surface area contributed by atoms with Crippen LogP contribution in [0.5, 0.6) is 0 Å². The summed E-state index contributed by atoms with van der Waals surface area (Å²) in [6.07, 6.45) is 0. The molecular formula is C25H16N2. The number of aromatic nitrogens is 2. The molecule has 27 heavy (non-hydrogen) atoms. The van der Waals surface area contributed by atoms with Gasteiger partial charge in [-0.25, -0.2) is 4.52 Å². The van der Waals surface area contributed by atoms with Crippen molar-refractivity contribution in [1.29, 1.82) is 0 Å². The molecule has 0 N–H and O–H groups in total. The van der Waals surface area contributed by atoms with Crippen molar-refractivity contribution >= 4 is 38.0 Å². The predicted molar refractivity (Wildman–Crippen MR) is 113 cm³/mol. The maximum absolute atomic E-state index is 4.94. The first-order valence-corrected chi connectivity index (χ1v) is 9.17. The van der Waals surface area contributed by atoms with E-state index in [1.54, 1.807) is 0 Å². The van der Waals surface area contributed by atoms with Crippen LogP contribution in [-0.2, 0) is 0 Å². The molecule has 0 aliphatic carbocycles. The maximum Gasteiger partial charge on any atom is 0.0934 e. The van der Waals surface area contributed by atoms with Crippen molar-refractivity contribution in [3.63, 3.8) is 0 Å². The number of fused-ring (bicyclic) bond motifs is 6. The van der Waals surface area contributed by atoms with Gasteiger partial charge in [0.1, 0.15) is 0 Å². The first-order chi connectivity index (χ1) is 13.4. The highest BCUT2D eigenvalue weighted by Crippen LogP contribution is 2.34. The SMILES string of the molecule is c1ccc(-c2cc3cc4ccccc4cc3c3c4ccccc4nn23)cc1. The van der Waals surface area contributed by atoms with Crippen LogP contribution in [0.3, 0.4) is 0 Å². The molecule has 126 valence electrons. The summed E-state index contributed by atoms with van der Waals surface area (Å²) in [6.45, 7) is 0. The Morgan fingerprint density at radius 3 is 2.11 bits per heavy atom. The summed E-state index contributed by atoms with van der Waals surface area (Å²) in [5, 5.41) is 11.1. The van der Waals surface area contributed by atoms with Crippen LogP contribution in [-0.4, -0.2) is 9.61 Å². The van der Waals surface area contributed by atoms with Crippen molar-refractivity contribution in [2.45, 2.75) is 0 Å². The quantitative estimate of drug-likeness (QED) is 0.313. The fraction of sp³-hybridized carbons (Fsp3) is 0. The molecule has 2 aromatic heterocycles. The highest BCUT2D eigenvalue weighted by atomic mass is 15.2. The lowest BCUT2D eigenvalue weighted by molar-refractivity contribution is 0.996. The van der Waals surface area contributed by atoms with Crippen LogP contribution in [0.1, 0.15) is 0 Å². The van der Waals surface area contributed by atoms with Crippen molar-refractivity contribution in [3.8, 4) is 11.3 Å². The molecule has 2 nitrogen and oxygen atoms in total. The van der Waals surface area contributed by atoms with Gasteiger partial charge in [0.25, 0.3) is 0 Å². The lowest BCUT2D eigenvalue weighted by atomic mass is 10.0. The smallest absolute Gasteiger partial charge is 0.0934 e. The zero-order valence-electron chi connectivity index (χ0n) is 14.6. The third-order valence-corrected chi connectivity index (χ3v) is 5.34. The summed E-state index contributed by atoms with van der Waals surface area (Å²) >= 11 is 0. The van der Waals surface area contributed by atoms with E-state index in [0.717, 1.165) is 11.2 Å². The van der Waals surface area contributed by atoms with Crippen LogP contribution in [0.4, 0.5) is 0 Å². The Kier molecular flexibility index (Phi) is 2.91. The zero-order chi connectivity index (χ0) is 17.8. The lowest BCUT2D eigenvalue weighted by Gasteiger charge is -2.10. The zero-order valence-corrected chi connectivity index (χ0v) is 14.6. The Morgan fingerprint density at radius 1 is 0.556 bits per heavy atom. The van der Waals surface area contributed by atoms with Crippen LogP contribution in [0.2, 0.25) is 0 Å². The third-order valence-electron chi connectivity index (χ3n) is 5.34. The summed E-state index contributed by atoms with van der Waals surface area (Å²) < 4.78 is 2.11. The van der Waals surface area contributed by atoms with E-state index in [0.29, 0.717) is 0 Å². The molecule has 0 aliphatic rings. The van der Waals surface area contributed by atoms with Crippen LogP contribution in [0, 0.1) is 0 Å². The Bertz CT molecular complexity index is 1460. The number of rotatable bonds is 1. The van der Waals surface area contributed by atoms with Crippen LogP contribution < -0.4 is 0 Å². The van der Waals surface area contributed by atoms with Gasteiger partial charge in [0.2, 0.25) is 0 Å². The Hall–Kier alpha value is -3.65. The van der Waals surface area contributed by atoms with Crippen molar-refractivity contribution in [2.75, 3.05) is 0 Å². The van der Waals surface area contributed by atoms with Gasteiger partial charge in [-0.2, -0.15) is 5.10 Å². The molecule has 2 heteroatoms. The maximum atomic E-state index is 4.94. The number of hydrogen-bond donors (Lipinski definition) is 0. The number of hydrogen-bond acceptors (Lipinski definition) is 1. The van der Waals surface area contributed by atoms with E-state index >= 15 is 0 Å². The second-order valence-electron chi connectivity index (χ2n) is 6.96. The van der Waals surface area contributed by atoms with Crippen molar-refractivity contribution < 1.29 is 0 Å². The fourth-order valence-electron chi connectivity index (χ4n) is 4.07. The van der Waals surface area contributed by atoms with E-state index in [4.69, 9.17) is 5.10 Å². The van der Waals surface area contributed by atoms with Gasteiger partial charge in [0, 0.05) is 16.3 Å². The molecule has 0 spiro atoms. The van der Waals surface area contributed by atoms with Gasteiger partial charge in [-0.1, -0.05) is 72.8 Å². The van der Waals surface area contributed by atoms with E-state index in [2.05, 4.69) is 102 Å². The first kappa shape index (κ1) is 14.5. The fourth-order valence-corrected chi connectivity index (χ4v) is 4.07. The normalized spacial score (nSPS) is 11.7. The molecule has 6 rings (SSSR count). The second-order valence-corrected chi connectivity index (χ2v) is 6.96. The van der Waals surface area contributed by atoms with Crippen LogP contribution in [0.25, 0.3) is 49.2 Å². The average Bonchev–Trinajstić information content (AvgIpc) is 3.12. The number of nitrogens with zero attached hydrogens (tertiary/aromatic N) is 2. The summed E-state index contributed by atoms with van der Waals surface area (Å²) in [6, 6.07) is 34.3. The lowest BCUT2D eigenvalue weighted by Crippen LogP contribution is -1.95. The summed E-state index contributed by atoms with van der Waals surface area (Å²) in [5.41, 5.74) is 4.48. The summed E-state index contributed by atoms with van der Waals surface area (Å²) in [7, 11) is 0. The van der Waals surface area contributed by atoms with Crippen molar-refractivity contribution in [3.05, 3.63) is 97.1 Å². The molecule has 0 aliphatic heterocycles. The first-order valence-electron chi connectivity index (χ1n) is 9.17. The topological polar surface area (TPSA) is 17.3 Å². The van der Waals surface area contributed by atoms with Gasteiger partial charge in [-0.15, -0.1) is 0 Å². The minimum absolute atomic E-state index is 1.02. The van der Waals surface area contributed by atoms with Gasteiger partial charge in [0.05, 0.1) is 16.7 Å².